The van der Waals surface area contributed by atoms with Crippen LogP contribution in [0.5, 0.6) is 17.2 Å². The number of hydrogen-bond donors (Lipinski definition) is 2. The van der Waals surface area contributed by atoms with Gasteiger partial charge in [-0.3, -0.25) is 14.5 Å². The largest absolute Gasteiger partial charge is 0.502 e. The molecule has 0 unspecified atom stereocenters. The van der Waals surface area contributed by atoms with Gasteiger partial charge in [-0.05, 0) is 36.6 Å². The Morgan fingerprint density at radius 3 is 2.41 bits per heavy atom. The van der Waals surface area contributed by atoms with Crippen molar-refractivity contribution in [1.29, 1.82) is 0 Å². The number of nitrogens with zero attached hydrogens (tertiary/aromatic N) is 1. The number of carboxylic acid groups (broad SMARTS) is 1. The molecule has 0 bridgehead atoms. The zero-order valence-corrected chi connectivity index (χ0v) is 16.7. The number of thiocarbonyl (C=S) groups is 1. The van der Waals surface area contributed by atoms with E-state index in [1.807, 2.05) is 0 Å². The number of carboxylic acids is 1. The summed E-state index contributed by atoms with van der Waals surface area (Å²) in [6, 6.07) is 3.21. The van der Waals surface area contributed by atoms with Crippen molar-refractivity contribution in [3.63, 3.8) is 0 Å². The Morgan fingerprint density at radius 2 is 1.85 bits per heavy atom. The third-order valence-corrected chi connectivity index (χ3v) is 5.32. The van der Waals surface area contributed by atoms with E-state index in [2.05, 4.69) is 0 Å². The minimum Gasteiger partial charge on any atom is -0.502 e. The van der Waals surface area contributed by atoms with Crippen LogP contribution in [0.3, 0.4) is 0 Å². The number of phenols is 1. The molecule has 1 aliphatic heterocycles. The molecule has 1 aromatic carbocycles. The molecule has 27 heavy (non-hydrogen) atoms. The van der Waals surface area contributed by atoms with Crippen LogP contribution in [0.4, 0.5) is 0 Å². The number of carbonyl (C=O) groups excluding carboxylic acids is 1. The van der Waals surface area contributed by atoms with E-state index in [9.17, 15) is 14.7 Å². The first-order valence-corrected chi connectivity index (χ1v) is 9.52. The van der Waals surface area contributed by atoms with Crippen LogP contribution in [-0.2, 0) is 9.59 Å². The summed E-state index contributed by atoms with van der Waals surface area (Å²) in [5.41, 5.74) is 0.642. The summed E-state index contributed by atoms with van der Waals surface area (Å²) >= 11 is 6.50. The van der Waals surface area contributed by atoms with Crippen molar-refractivity contribution >= 4 is 46.3 Å². The number of rotatable bonds is 9. The average molecular weight is 412 g/mol. The first kappa shape index (κ1) is 21.0. The van der Waals surface area contributed by atoms with Crippen LogP contribution >= 0.6 is 24.0 Å². The van der Waals surface area contributed by atoms with Crippen molar-refractivity contribution in [3.05, 3.63) is 22.6 Å². The summed E-state index contributed by atoms with van der Waals surface area (Å²) in [4.78, 5) is 25.1. The molecule has 1 saturated heterocycles. The number of aromatic hydroxyl groups is 1. The Labute approximate surface area is 166 Å². The quantitative estimate of drug-likeness (QED) is 0.363. The zero-order chi connectivity index (χ0) is 20.0. The van der Waals surface area contributed by atoms with Crippen LogP contribution in [-0.4, -0.2) is 52.1 Å². The van der Waals surface area contributed by atoms with Gasteiger partial charge < -0.3 is 19.7 Å². The molecule has 1 aliphatic rings. The van der Waals surface area contributed by atoms with Crippen molar-refractivity contribution in [2.45, 2.75) is 25.7 Å². The lowest BCUT2D eigenvalue weighted by Crippen LogP contribution is -2.29. The molecular formula is C18H21NO6S2. The molecule has 1 amide bonds. The van der Waals surface area contributed by atoms with Crippen molar-refractivity contribution in [2.24, 2.45) is 0 Å². The maximum absolute atomic E-state index is 12.6. The fourth-order valence-electron chi connectivity index (χ4n) is 2.56. The average Bonchev–Trinajstić information content (AvgIpc) is 2.89. The predicted molar refractivity (Wildman–Crippen MR) is 107 cm³/mol. The van der Waals surface area contributed by atoms with Gasteiger partial charge in [0, 0.05) is 13.0 Å². The van der Waals surface area contributed by atoms with E-state index in [0.29, 0.717) is 34.2 Å². The van der Waals surface area contributed by atoms with Crippen molar-refractivity contribution < 1.29 is 29.3 Å². The van der Waals surface area contributed by atoms with E-state index in [1.54, 1.807) is 18.2 Å². The smallest absolute Gasteiger partial charge is 0.303 e. The second-order valence-electron chi connectivity index (χ2n) is 5.81. The molecule has 0 aliphatic carbocycles. The van der Waals surface area contributed by atoms with Gasteiger partial charge in [-0.25, -0.2) is 0 Å². The van der Waals surface area contributed by atoms with Gasteiger partial charge in [0.2, 0.25) is 5.75 Å². The van der Waals surface area contributed by atoms with Gasteiger partial charge in [0.15, 0.2) is 11.5 Å². The highest BCUT2D eigenvalue weighted by atomic mass is 32.2. The lowest BCUT2D eigenvalue weighted by Gasteiger charge is -2.13. The topological polar surface area (TPSA) is 96.3 Å². The summed E-state index contributed by atoms with van der Waals surface area (Å²) in [7, 11) is 2.87. The van der Waals surface area contributed by atoms with E-state index in [0.717, 1.165) is 6.42 Å². The number of methoxy groups -OCH3 is 2. The lowest BCUT2D eigenvalue weighted by molar-refractivity contribution is -0.137. The van der Waals surface area contributed by atoms with Crippen LogP contribution in [0.25, 0.3) is 6.08 Å². The highest BCUT2D eigenvalue weighted by Crippen LogP contribution is 2.39. The maximum Gasteiger partial charge on any atom is 0.303 e. The normalized spacial score (nSPS) is 15.5. The van der Waals surface area contributed by atoms with Gasteiger partial charge in [0.1, 0.15) is 4.32 Å². The summed E-state index contributed by atoms with van der Waals surface area (Å²) < 4.78 is 10.7. The Hall–Kier alpha value is -2.26. The Kier molecular flexibility index (Phi) is 7.49. The molecule has 2 rings (SSSR count). The lowest BCUT2D eigenvalue weighted by atomic mass is 10.1. The molecule has 2 N–H and O–H groups in total. The molecule has 0 atom stereocenters. The molecule has 1 heterocycles. The summed E-state index contributed by atoms with van der Waals surface area (Å²) in [6.07, 6.45) is 3.78. The molecule has 9 heteroatoms. The molecule has 1 fully saturated rings. The third kappa shape index (κ3) is 5.36. The van der Waals surface area contributed by atoms with Gasteiger partial charge in [-0.1, -0.05) is 30.4 Å². The number of phenolic OH excluding ortho intramolecular Hbond substituents is 1. The predicted octanol–water partition coefficient (Wildman–Crippen LogP) is 3.26. The highest BCUT2D eigenvalue weighted by molar-refractivity contribution is 8.26. The molecule has 0 saturated carbocycles. The highest BCUT2D eigenvalue weighted by Gasteiger charge is 2.31. The summed E-state index contributed by atoms with van der Waals surface area (Å²) in [5, 5.41) is 18.6. The minimum absolute atomic E-state index is 0.106. The van der Waals surface area contributed by atoms with E-state index in [4.69, 9.17) is 26.8 Å². The number of thioether (sulfide) groups is 1. The number of amides is 1. The van der Waals surface area contributed by atoms with Gasteiger partial charge in [-0.2, -0.15) is 0 Å². The van der Waals surface area contributed by atoms with E-state index < -0.39 is 5.97 Å². The Bertz CT molecular complexity index is 752. The van der Waals surface area contributed by atoms with E-state index in [-0.39, 0.29) is 29.6 Å². The first-order chi connectivity index (χ1) is 12.9. The molecule has 0 aromatic heterocycles. The second-order valence-corrected chi connectivity index (χ2v) is 7.49. The maximum atomic E-state index is 12.6. The fraction of sp³-hybridized carbons (Fsp3) is 0.389. The van der Waals surface area contributed by atoms with Crippen molar-refractivity contribution in [1.82, 2.24) is 4.90 Å². The fourth-order valence-corrected chi connectivity index (χ4v) is 3.87. The monoisotopic (exact) mass is 411 g/mol. The second kappa shape index (κ2) is 9.61. The van der Waals surface area contributed by atoms with Crippen LogP contribution in [0, 0.1) is 0 Å². The van der Waals surface area contributed by atoms with Gasteiger partial charge in [0.25, 0.3) is 5.91 Å². The number of benzene rings is 1. The minimum atomic E-state index is -0.816. The zero-order valence-electron chi connectivity index (χ0n) is 15.1. The number of hydrogen-bond acceptors (Lipinski definition) is 7. The van der Waals surface area contributed by atoms with Gasteiger partial charge >= 0.3 is 5.97 Å². The van der Waals surface area contributed by atoms with Crippen LogP contribution in [0.2, 0.25) is 0 Å². The number of carbonyl (C=O) groups is 2. The summed E-state index contributed by atoms with van der Waals surface area (Å²) in [6.45, 7) is 0.462. The molecule has 146 valence electrons. The molecule has 7 nitrogen and oxygen atoms in total. The molecule has 1 aromatic rings. The SMILES string of the molecule is COc1cc(/C=C2\SC(=S)N(CCCCCC(=O)O)C2=O)cc(OC)c1O. The van der Waals surface area contributed by atoms with Crippen molar-refractivity contribution in [2.75, 3.05) is 20.8 Å². The van der Waals surface area contributed by atoms with E-state index >= 15 is 0 Å². The number of ether oxygens (including phenoxy) is 2. The molecule has 0 radical (unpaired) electrons. The number of unbranched alkanes of at least 4 members (excludes halogenated alkanes) is 2. The third-order valence-electron chi connectivity index (χ3n) is 3.95. The van der Waals surface area contributed by atoms with Crippen LogP contribution in [0.1, 0.15) is 31.2 Å². The summed E-state index contributed by atoms with van der Waals surface area (Å²) in [5.74, 6) is -0.618. The molecular weight excluding hydrogens is 390 g/mol. The molecule has 0 spiro atoms. The first-order valence-electron chi connectivity index (χ1n) is 8.29. The Balaban J connectivity index is 2.08. The van der Waals surface area contributed by atoms with Crippen LogP contribution < -0.4 is 9.47 Å². The number of aliphatic carboxylic acids is 1. The van der Waals surface area contributed by atoms with Crippen LogP contribution in [0.15, 0.2) is 17.0 Å². The standard InChI is InChI=1S/C18H21NO6S2/c1-24-12-8-11(9-13(25-2)16(12)22)10-14-17(23)19(18(26)27-14)7-5-3-4-6-15(20)21/h8-10,22H,3-7H2,1-2H3,(H,20,21)/b14-10-. The van der Waals surface area contributed by atoms with E-state index in [1.165, 1.54) is 30.9 Å². The van der Waals surface area contributed by atoms with Gasteiger partial charge in [-0.15, -0.1) is 0 Å². The van der Waals surface area contributed by atoms with Crippen molar-refractivity contribution in [3.8, 4) is 17.2 Å². The van der Waals surface area contributed by atoms with Gasteiger partial charge in [0.05, 0.1) is 19.1 Å². The Morgan fingerprint density at radius 1 is 1.22 bits per heavy atom.